The Labute approximate surface area is 76.3 Å². The van der Waals surface area contributed by atoms with Crippen LogP contribution >= 0.6 is 0 Å². The average molecular weight is 170 g/mol. The van der Waals surface area contributed by atoms with E-state index < -0.39 is 0 Å². The van der Waals surface area contributed by atoms with Gasteiger partial charge in [-0.15, -0.1) is 0 Å². The highest BCUT2D eigenvalue weighted by molar-refractivity contribution is 4.89. The summed E-state index contributed by atoms with van der Waals surface area (Å²) in [6.45, 7) is 9.40. The Morgan fingerprint density at radius 2 is 2.17 bits per heavy atom. The van der Waals surface area contributed by atoms with Crippen LogP contribution in [0.1, 0.15) is 33.6 Å². The molecule has 1 saturated heterocycles. The molecule has 1 atom stereocenters. The molecule has 0 aromatic carbocycles. The van der Waals surface area contributed by atoms with Crippen molar-refractivity contribution in [2.24, 2.45) is 0 Å². The maximum atomic E-state index is 3.29. The third kappa shape index (κ3) is 2.20. The second-order valence-corrected chi connectivity index (χ2v) is 4.55. The number of hydrogen-bond donors (Lipinski definition) is 1. The van der Waals surface area contributed by atoms with Gasteiger partial charge >= 0.3 is 0 Å². The van der Waals surface area contributed by atoms with Gasteiger partial charge in [0.15, 0.2) is 0 Å². The van der Waals surface area contributed by atoms with Gasteiger partial charge in [-0.2, -0.15) is 0 Å². The minimum atomic E-state index is 0.436. The van der Waals surface area contributed by atoms with Gasteiger partial charge in [-0.3, -0.25) is 4.90 Å². The number of likely N-dealkylation sites (tertiary alicyclic amines) is 1. The van der Waals surface area contributed by atoms with E-state index in [4.69, 9.17) is 0 Å². The van der Waals surface area contributed by atoms with Crippen molar-refractivity contribution in [1.82, 2.24) is 10.2 Å². The summed E-state index contributed by atoms with van der Waals surface area (Å²) in [5.74, 6) is 0. The van der Waals surface area contributed by atoms with E-state index >= 15 is 0 Å². The van der Waals surface area contributed by atoms with Crippen LogP contribution < -0.4 is 5.32 Å². The predicted molar refractivity (Wildman–Crippen MR) is 53.4 cm³/mol. The molecule has 1 aliphatic heterocycles. The molecule has 0 spiro atoms. The Morgan fingerprint density at radius 3 is 2.58 bits per heavy atom. The SMILES string of the molecule is CN[C@@H](C)CN1CCCC1(C)C. The first-order valence-electron chi connectivity index (χ1n) is 4.98. The van der Waals surface area contributed by atoms with E-state index in [9.17, 15) is 0 Å². The molecule has 1 aliphatic rings. The topological polar surface area (TPSA) is 15.3 Å². The van der Waals surface area contributed by atoms with Crippen molar-refractivity contribution in [1.29, 1.82) is 0 Å². The number of nitrogens with one attached hydrogen (secondary N) is 1. The lowest BCUT2D eigenvalue weighted by atomic mass is 10.0. The lowest BCUT2D eigenvalue weighted by Gasteiger charge is -2.33. The zero-order valence-electron chi connectivity index (χ0n) is 8.85. The van der Waals surface area contributed by atoms with Gasteiger partial charge in [-0.05, 0) is 47.2 Å². The molecule has 72 valence electrons. The molecule has 1 N–H and O–H groups in total. The van der Waals surface area contributed by atoms with Gasteiger partial charge in [0.2, 0.25) is 0 Å². The molecular formula is C10H22N2. The number of hydrogen-bond acceptors (Lipinski definition) is 2. The maximum Gasteiger partial charge on any atom is 0.0163 e. The summed E-state index contributed by atoms with van der Waals surface area (Å²) in [5.41, 5.74) is 0.436. The van der Waals surface area contributed by atoms with E-state index in [0.29, 0.717) is 11.6 Å². The van der Waals surface area contributed by atoms with Crippen LogP contribution in [-0.2, 0) is 0 Å². The van der Waals surface area contributed by atoms with E-state index in [1.54, 1.807) is 0 Å². The molecule has 1 heterocycles. The minimum Gasteiger partial charge on any atom is -0.316 e. The summed E-state index contributed by atoms with van der Waals surface area (Å²) in [5, 5.41) is 3.29. The average Bonchev–Trinajstić information content (AvgIpc) is 2.31. The Kier molecular flexibility index (Phi) is 3.13. The van der Waals surface area contributed by atoms with Crippen molar-refractivity contribution in [2.75, 3.05) is 20.1 Å². The first-order valence-corrected chi connectivity index (χ1v) is 4.98. The Hall–Kier alpha value is -0.0800. The van der Waals surface area contributed by atoms with Gasteiger partial charge in [0.25, 0.3) is 0 Å². The molecule has 12 heavy (non-hydrogen) atoms. The Morgan fingerprint density at radius 1 is 1.50 bits per heavy atom. The normalized spacial score (nSPS) is 26.0. The van der Waals surface area contributed by atoms with Crippen molar-refractivity contribution >= 4 is 0 Å². The predicted octanol–water partition coefficient (Wildman–Crippen LogP) is 1.47. The first-order chi connectivity index (χ1) is 5.56. The number of rotatable bonds is 3. The van der Waals surface area contributed by atoms with E-state index in [-0.39, 0.29) is 0 Å². The second kappa shape index (κ2) is 3.75. The number of likely N-dealkylation sites (N-methyl/N-ethyl adjacent to an activating group) is 1. The third-order valence-corrected chi connectivity index (χ3v) is 3.06. The maximum absolute atomic E-state index is 3.29. The monoisotopic (exact) mass is 170 g/mol. The van der Waals surface area contributed by atoms with Crippen molar-refractivity contribution in [3.05, 3.63) is 0 Å². The highest BCUT2D eigenvalue weighted by atomic mass is 15.2. The van der Waals surface area contributed by atoms with Crippen molar-refractivity contribution in [3.63, 3.8) is 0 Å². The molecule has 0 bridgehead atoms. The summed E-state index contributed by atoms with van der Waals surface area (Å²) < 4.78 is 0. The highest BCUT2D eigenvalue weighted by Gasteiger charge is 2.31. The third-order valence-electron chi connectivity index (χ3n) is 3.06. The second-order valence-electron chi connectivity index (χ2n) is 4.55. The lowest BCUT2D eigenvalue weighted by Crippen LogP contribution is -2.45. The molecule has 0 unspecified atom stereocenters. The quantitative estimate of drug-likeness (QED) is 0.690. The van der Waals surface area contributed by atoms with Crippen LogP contribution in [0.4, 0.5) is 0 Å². The van der Waals surface area contributed by atoms with Crippen molar-refractivity contribution < 1.29 is 0 Å². The lowest BCUT2D eigenvalue weighted by molar-refractivity contribution is 0.162. The molecular weight excluding hydrogens is 148 g/mol. The minimum absolute atomic E-state index is 0.436. The Bertz CT molecular complexity index is 143. The fourth-order valence-electron chi connectivity index (χ4n) is 1.92. The Balaban J connectivity index is 2.41. The summed E-state index contributed by atoms with van der Waals surface area (Å²) in [6, 6.07) is 0.613. The summed E-state index contributed by atoms with van der Waals surface area (Å²) in [4.78, 5) is 2.59. The van der Waals surface area contributed by atoms with Gasteiger partial charge < -0.3 is 5.32 Å². The molecule has 0 saturated carbocycles. The first kappa shape index (κ1) is 10.0. The van der Waals surface area contributed by atoms with E-state index in [2.05, 4.69) is 31.0 Å². The summed E-state index contributed by atoms with van der Waals surface area (Å²) >= 11 is 0. The standard InChI is InChI=1S/C10H22N2/c1-9(11-4)8-12-7-5-6-10(12,2)3/h9,11H,5-8H2,1-4H3/t9-/m0/s1. The molecule has 0 amide bonds. The van der Waals surface area contributed by atoms with Gasteiger partial charge in [-0.1, -0.05) is 0 Å². The largest absolute Gasteiger partial charge is 0.316 e. The van der Waals surface area contributed by atoms with E-state index in [1.165, 1.54) is 25.9 Å². The smallest absolute Gasteiger partial charge is 0.0163 e. The van der Waals surface area contributed by atoms with Crippen LogP contribution in [0.25, 0.3) is 0 Å². The van der Waals surface area contributed by atoms with Gasteiger partial charge in [0, 0.05) is 18.1 Å². The zero-order chi connectivity index (χ0) is 9.19. The van der Waals surface area contributed by atoms with Crippen LogP contribution in [0, 0.1) is 0 Å². The molecule has 0 aliphatic carbocycles. The highest BCUT2D eigenvalue weighted by Crippen LogP contribution is 2.27. The molecule has 0 aromatic rings. The number of nitrogens with zero attached hydrogens (tertiary/aromatic N) is 1. The fraction of sp³-hybridized carbons (Fsp3) is 1.00. The van der Waals surface area contributed by atoms with E-state index in [1.807, 2.05) is 7.05 Å². The van der Waals surface area contributed by atoms with Crippen LogP contribution in [0.3, 0.4) is 0 Å². The van der Waals surface area contributed by atoms with Gasteiger partial charge in [0.1, 0.15) is 0 Å². The van der Waals surface area contributed by atoms with Crippen LogP contribution in [0.2, 0.25) is 0 Å². The molecule has 1 rings (SSSR count). The van der Waals surface area contributed by atoms with Crippen LogP contribution in [0.5, 0.6) is 0 Å². The van der Waals surface area contributed by atoms with Gasteiger partial charge in [-0.25, -0.2) is 0 Å². The van der Waals surface area contributed by atoms with Crippen LogP contribution in [-0.4, -0.2) is 36.6 Å². The molecule has 0 aromatic heterocycles. The molecule has 1 fully saturated rings. The summed E-state index contributed by atoms with van der Waals surface area (Å²) in [7, 11) is 2.04. The van der Waals surface area contributed by atoms with Gasteiger partial charge in [0.05, 0.1) is 0 Å². The zero-order valence-corrected chi connectivity index (χ0v) is 8.85. The van der Waals surface area contributed by atoms with E-state index in [0.717, 1.165) is 0 Å². The molecule has 0 radical (unpaired) electrons. The fourth-order valence-corrected chi connectivity index (χ4v) is 1.92. The van der Waals surface area contributed by atoms with Crippen LogP contribution in [0.15, 0.2) is 0 Å². The van der Waals surface area contributed by atoms with Crippen molar-refractivity contribution in [2.45, 2.75) is 45.2 Å². The van der Waals surface area contributed by atoms with Crippen molar-refractivity contribution in [3.8, 4) is 0 Å². The molecule has 2 heteroatoms. The molecule has 2 nitrogen and oxygen atoms in total. The summed E-state index contributed by atoms with van der Waals surface area (Å²) in [6.07, 6.45) is 2.72.